The Morgan fingerprint density at radius 3 is 2.62 bits per heavy atom. The second-order valence-electron chi connectivity index (χ2n) is 3.40. The fraction of sp³-hybridized carbons (Fsp3) is 0.167. The Hall–Kier alpha value is -0.840. The summed E-state index contributed by atoms with van der Waals surface area (Å²) in [5.41, 5.74) is 7.00. The lowest BCUT2D eigenvalue weighted by molar-refractivity contribution is 0.626. The molecule has 1 aromatic heterocycles. The van der Waals surface area contributed by atoms with E-state index in [-0.39, 0.29) is 11.9 Å². The van der Waals surface area contributed by atoms with Crippen LogP contribution in [0.2, 0.25) is 0 Å². The van der Waals surface area contributed by atoms with Gasteiger partial charge < -0.3 is 5.73 Å². The van der Waals surface area contributed by atoms with Crippen LogP contribution in [0.4, 0.5) is 4.39 Å². The summed E-state index contributed by atoms with van der Waals surface area (Å²) < 4.78 is 14.0. The Labute approximate surface area is 102 Å². The van der Waals surface area contributed by atoms with Crippen LogP contribution in [0, 0.1) is 5.82 Å². The second kappa shape index (κ2) is 5.48. The van der Waals surface area contributed by atoms with E-state index in [2.05, 4.69) is 6.07 Å². The Morgan fingerprint density at radius 1 is 1.25 bits per heavy atom. The van der Waals surface area contributed by atoms with Crippen molar-refractivity contribution in [2.45, 2.75) is 10.3 Å². The fourth-order valence-corrected chi connectivity index (χ4v) is 3.13. The molecule has 0 radical (unpaired) electrons. The maximum absolute atomic E-state index is 12.7. The van der Waals surface area contributed by atoms with E-state index in [0.717, 1.165) is 11.3 Å². The lowest BCUT2D eigenvalue weighted by Crippen LogP contribution is -2.12. The SMILES string of the molecule is NC(CSc1cccs1)c1ccc(F)cc1. The third-order valence-electron chi connectivity index (χ3n) is 2.20. The molecule has 1 atom stereocenters. The molecular formula is C12H12FNS2. The van der Waals surface area contributed by atoms with Gasteiger partial charge in [-0.3, -0.25) is 0 Å². The number of thiophene rings is 1. The number of rotatable bonds is 4. The maximum Gasteiger partial charge on any atom is 0.123 e. The van der Waals surface area contributed by atoms with Crippen LogP contribution < -0.4 is 5.73 Å². The highest BCUT2D eigenvalue weighted by atomic mass is 32.2. The van der Waals surface area contributed by atoms with Crippen LogP contribution >= 0.6 is 23.1 Å². The highest BCUT2D eigenvalue weighted by Gasteiger charge is 2.07. The van der Waals surface area contributed by atoms with Crippen LogP contribution in [0.1, 0.15) is 11.6 Å². The van der Waals surface area contributed by atoms with E-state index >= 15 is 0 Å². The van der Waals surface area contributed by atoms with Gasteiger partial charge >= 0.3 is 0 Å². The molecule has 84 valence electrons. The smallest absolute Gasteiger partial charge is 0.123 e. The first-order valence-corrected chi connectivity index (χ1v) is 6.79. The molecule has 0 bridgehead atoms. The topological polar surface area (TPSA) is 26.0 Å². The molecule has 2 N–H and O–H groups in total. The number of hydrogen-bond donors (Lipinski definition) is 1. The van der Waals surface area contributed by atoms with E-state index in [1.165, 1.54) is 16.3 Å². The normalized spacial score (nSPS) is 12.6. The molecule has 2 rings (SSSR count). The average Bonchev–Trinajstić information content (AvgIpc) is 2.80. The second-order valence-corrected chi connectivity index (χ2v) is 5.67. The Morgan fingerprint density at radius 2 is 2.00 bits per heavy atom. The van der Waals surface area contributed by atoms with Crippen LogP contribution in [-0.4, -0.2) is 5.75 Å². The molecular weight excluding hydrogens is 241 g/mol. The molecule has 16 heavy (non-hydrogen) atoms. The van der Waals surface area contributed by atoms with Crippen molar-refractivity contribution < 1.29 is 4.39 Å². The van der Waals surface area contributed by atoms with Gasteiger partial charge in [0.2, 0.25) is 0 Å². The molecule has 0 aliphatic carbocycles. The molecule has 0 amide bonds. The third kappa shape index (κ3) is 3.07. The van der Waals surface area contributed by atoms with Gasteiger partial charge in [-0.15, -0.1) is 23.1 Å². The van der Waals surface area contributed by atoms with Crippen molar-refractivity contribution in [2.75, 3.05) is 5.75 Å². The largest absolute Gasteiger partial charge is 0.323 e. The van der Waals surface area contributed by atoms with Crippen molar-refractivity contribution in [1.29, 1.82) is 0 Å². The van der Waals surface area contributed by atoms with Crippen molar-refractivity contribution in [1.82, 2.24) is 0 Å². The molecule has 0 fully saturated rings. The molecule has 2 aromatic rings. The van der Waals surface area contributed by atoms with Crippen molar-refractivity contribution in [3.05, 3.63) is 53.2 Å². The third-order valence-corrected chi connectivity index (χ3v) is 4.45. The summed E-state index contributed by atoms with van der Waals surface area (Å²) in [6.45, 7) is 0. The van der Waals surface area contributed by atoms with Gasteiger partial charge in [-0.1, -0.05) is 18.2 Å². The minimum Gasteiger partial charge on any atom is -0.323 e. The molecule has 0 spiro atoms. The predicted molar refractivity (Wildman–Crippen MR) is 68.4 cm³/mol. The van der Waals surface area contributed by atoms with Crippen molar-refractivity contribution in [3.8, 4) is 0 Å². The van der Waals surface area contributed by atoms with Gasteiger partial charge in [0.25, 0.3) is 0 Å². The van der Waals surface area contributed by atoms with Crippen molar-refractivity contribution in [3.63, 3.8) is 0 Å². The summed E-state index contributed by atoms with van der Waals surface area (Å²) in [7, 11) is 0. The molecule has 1 unspecified atom stereocenters. The van der Waals surface area contributed by atoms with Gasteiger partial charge in [-0.25, -0.2) is 4.39 Å². The lowest BCUT2D eigenvalue weighted by atomic mass is 10.1. The molecule has 0 saturated carbocycles. The zero-order valence-corrected chi connectivity index (χ0v) is 10.2. The predicted octanol–water partition coefficient (Wildman–Crippen LogP) is 3.68. The van der Waals surface area contributed by atoms with Gasteiger partial charge in [0.1, 0.15) is 5.82 Å². The minimum absolute atomic E-state index is 0.0484. The van der Waals surface area contributed by atoms with Gasteiger partial charge in [-0.2, -0.15) is 0 Å². The number of hydrogen-bond acceptors (Lipinski definition) is 3. The van der Waals surface area contributed by atoms with E-state index in [1.807, 2.05) is 11.4 Å². The van der Waals surface area contributed by atoms with E-state index < -0.39 is 0 Å². The summed E-state index contributed by atoms with van der Waals surface area (Å²) in [6, 6.07) is 10.4. The molecule has 0 aliphatic rings. The van der Waals surface area contributed by atoms with Crippen molar-refractivity contribution >= 4 is 23.1 Å². The van der Waals surface area contributed by atoms with Gasteiger partial charge in [-0.05, 0) is 29.1 Å². The highest BCUT2D eigenvalue weighted by Crippen LogP contribution is 2.27. The fourth-order valence-electron chi connectivity index (χ4n) is 1.32. The first-order valence-electron chi connectivity index (χ1n) is 4.93. The van der Waals surface area contributed by atoms with E-state index in [1.54, 1.807) is 35.2 Å². The number of thioether (sulfide) groups is 1. The van der Waals surface area contributed by atoms with Crippen LogP contribution in [0.25, 0.3) is 0 Å². The molecule has 1 nitrogen and oxygen atoms in total. The maximum atomic E-state index is 12.7. The number of benzene rings is 1. The Balaban J connectivity index is 1.93. The molecule has 0 saturated heterocycles. The summed E-state index contributed by atoms with van der Waals surface area (Å²) in [4.78, 5) is 0. The van der Waals surface area contributed by atoms with Crippen LogP contribution in [0.5, 0.6) is 0 Å². The zero-order valence-electron chi connectivity index (χ0n) is 8.60. The summed E-state index contributed by atoms with van der Waals surface area (Å²) in [5, 5.41) is 2.05. The quantitative estimate of drug-likeness (QED) is 0.841. The average molecular weight is 253 g/mol. The number of halogens is 1. The molecule has 1 aromatic carbocycles. The van der Waals surface area contributed by atoms with Crippen LogP contribution in [0.3, 0.4) is 0 Å². The summed E-state index contributed by atoms with van der Waals surface area (Å²) in [6.07, 6.45) is 0. The van der Waals surface area contributed by atoms with Crippen LogP contribution in [-0.2, 0) is 0 Å². The van der Waals surface area contributed by atoms with Gasteiger partial charge in [0.15, 0.2) is 0 Å². The van der Waals surface area contributed by atoms with Gasteiger partial charge in [0.05, 0.1) is 4.21 Å². The zero-order chi connectivity index (χ0) is 11.4. The molecule has 4 heteroatoms. The van der Waals surface area contributed by atoms with E-state index in [9.17, 15) is 4.39 Å². The Bertz CT molecular complexity index is 425. The van der Waals surface area contributed by atoms with Gasteiger partial charge in [0, 0.05) is 11.8 Å². The highest BCUT2D eigenvalue weighted by molar-refractivity contribution is 8.01. The lowest BCUT2D eigenvalue weighted by Gasteiger charge is -2.10. The summed E-state index contributed by atoms with van der Waals surface area (Å²) in [5.74, 6) is 0.591. The van der Waals surface area contributed by atoms with E-state index in [4.69, 9.17) is 5.73 Å². The summed E-state index contributed by atoms with van der Waals surface area (Å²) >= 11 is 3.44. The molecule has 1 heterocycles. The Kier molecular flexibility index (Phi) is 3.98. The standard InChI is InChI=1S/C12H12FNS2/c13-10-5-3-9(4-6-10)11(14)8-16-12-2-1-7-15-12/h1-7,11H,8,14H2. The minimum atomic E-state index is -0.221. The van der Waals surface area contributed by atoms with Crippen molar-refractivity contribution in [2.24, 2.45) is 5.73 Å². The monoisotopic (exact) mass is 253 g/mol. The first-order chi connectivity index (χ1) is 7.75. The molecule has 0 aliphatic heterocycles. The first kappa shape index (κ1) is 11.6. The van der Waals surface area contributed by atoms with E-state index in [0.29, 0.717) is 0 Å². The number of nitrogens with two attached hydrogens (primary N) is 1. The van der Waals surface area contributed by atoms with Crippen LogP contribution in [0.15, 0.2) is 46.0 Å².